The Kier molecular flexibility index (Phi) is 6.21. The van der Waals surface area contributed by atoms with Crippen LogP contribution in [0.4, 0.5) is 10.5 Å². The van der Waals surface area contributed by atoms with Gasteiger partial charge in [0.25, 0.3) is 0 Å². The zero-order chi connectivity index (χ0) is 15.8. The number of carbonyl (C=O) groups is 2. The fourth-order valence-electron chi connectivity index (χ4n) is 1.87. The smallest absolute Gasteiger partial charge is 0.312 e. The molecule has 0 aromatic heterocycles. The molecule has 6 heteroatoms. The lowest BCUT2D eigenvalue weighted by Crippen LogP contribution is -2.49. The van der Waals surface area contributed by atoms with Gasteiger partial charge in [0.2, 0.25) is 5.91 Å². The van der Waals surface area contributed by atoms with E-state index in [1.54, 1.807) is 24.3 Å². The number of amides is 3. The first-order valence-electron chi connectivity index (χ1n) is 6.80. The van der Waals surface area contributed by atoms with E-state index in [1.165, 1.54) is 0 Å². The summed E-state index contributed by atoms with van der Waals surface area (Å²) >= 11 is 0. The molecule has 0 radical (unpaired) electrons. The van der Waals surface area contributed by atoms with Crippen LogP contribution in [0.15, 0.2) is 24.3 Å². The minimum absolute atomic E-state index is 0.0321. The summed E-state index contributed by atoms with van der Waals surface area (Å²) in [5, 5.41) is 13.8. The first-order chi connectivity index (χ1) is 9.97. The normalized spacial score (nSPS) is 12.8. The first kappa shape index (κ1) is 16.5. The highest BCUT2D eigenvalue weighted by Gasteiger charge is 2.25. The van der Waals surface area contributed by atoms with Gasteiger partial charge in [-0.05, 0) is 23.6 Å². The van der Waals surface area contributed by atoms with E-state index in [4.69, 9.17) is 11.0 Å². The Labute approximate surface area is 124 Å². The van der Waals surface area contributed by atoms with E-state index in [0.717, 1.165) is 12.0 Å². The van der Waals surface area contributed by atoms with Crippen molar-refractivity contribution >= 4 is 17.6 Å². The Bertz CT molecular complexity index is 534. The van der Waals surface area contributed by atoms with Gasteiger partial charge in [-0.25, -0.2) is 4.79 Å². The molecule has 0 bridgehead atoms. The van der Waals surface area contributed by atoms with Gasteiger partial charge in [-0.3, -0.25) is 4.79 Å². The van der Waals surface area contributed by atoms with Gasteiger partial charge in [-0.1, -0.05) is 32.4 Å². The topological polar surface area (TPSA) is 108 Å². The third-order valence-electron chi connectivity index (χ3n) is 3.30. The van der Waals surface area contributed by atoms with E-state index in [9.17, 15) is 9.59 Å². The Morgan fingerprint density at radius 1 is 1.33 bits per heavy atom. The number of nitrogens with one attached hydrogen (secondary N) is 2. The Hall–Kier alpha value is -2.55. The highest BCUT2D eigenvalue weighted by molar-refractivity contribution is 5.97. The van der Waals surface area contributed by atoms with Crippen molar-refractivity contribution in [2.75, 3.05) is 5.32 Å². The number of nitrogens with zero attached hydrogens (tertiary/aromatic N) is 1. The average molecular weight is 288 g/mol. The number of hydrogen-bond donors (Lipinski definition) is 3. The molecule has 6 nitrogen and oxygen atoms in total. The lowest BCUT2D eigenvalue weighted by Gasteiger charge is -2.22. The second kappa shape index (κ2) is 7.90. The van der Waals surface area contributed by atoms with Crippen LogP contribution in [0, 0.1) is 17.2 Å². The van der Waals surface area contributed by atoms with Gasteiger partial charge in [0.05, 0.1) is 12.5 Å². The van der Waals surface area contributed by atoms with Crippen molar-refractivity contribution in [3.63, 3.8) is 0 Å². The molecule has 3 amide bonds. The van der Waals surface area contributed by atoms with Gasteiger partial charge in [-0.2, -0.15) is 5.26 Å². The van der Waals surface area contributed by atoms with E-state index < -0.39 is 12.1 Å². The lowest BCUT2D eigenvalue weighted by molar-refractivity contribution is -0.119. The SMILES string of the molecule is CCC(C)C(NC(N)=O)C(=O)Nc1ccc(CC#N)cc1. The van der Waals surface area contributed by atoms with Crippen molar-refractivity contribution in [2.24, 2.45) is 11.7 Å². The largest absolute Gasteiger partial charge is 0.352 e. The Morgan fingerprint density at radius 2 is 1.95 bits per heavy atom. The summed E-state index contributed by atoms with van der Waals surface area (Å²) < 4.78 is 0. The fourth-order valence-corrected chi connectivity index (χ4v) is 1.87. The molecular weight excluding hydrogens is 268 g/mol. The molecule has 0 saturated carbocycles. The first-order valence-corrected chi connectivity index (χ1v) is 6.80. The summed E-state index contributed by atoms with van der Waals surface area (Å²) in [5.74, 6) is -0.341. The highest BCUT2D eigenvalue weighted by atomic mass is 16.2. The number of nitrogens with two attached hydrogens (primary N) is 1. The lowest BCUT2D eigenvalue weighted by atomic mass is 9.98. The van der Waals surface area contributed by atoms with Crippen LogP contribution in [-0.4, -0.2) is 18.0 Å². The van der Waals surface area contributed by atoms with Crippen molar-refractivity contribution in [1.29, 1.82) is 5.26 Å². The molecule has 0 spiro atoms. The maximum atomic E-state index is 12.2. The molecular formula is C15H20N4O2. The number of nitriles is 1. The summed E-state index contributed by atoms with van der Waals surface area (Å²) in [6, 6.07) is 7.66. The predicted octanol–water partition coefficient (Wildman–Crippen LogP) is 1.77. The minimum atomic E-state index is -0.722. The summed E-state index contributed by atoms with van der Waals surface area (Å²) in [7, 11) is 0. The maximum absolute atomic E-state index is 12.2. The molecule has 0 aliphatic heterocycles. The van der Waals surface area contributed by atoms with Gasteiger partial charge < -0.3 is 16.4 Å². The van der Waals surface area contributed by atoms with Gasteiger partial charge >= 0.3 is 6.03 Å². The van der Waals surface area contributed by atoms with Gasteiger partial charge in [0, 0.05) is 5.69 Å². The second-order valence-corrected chi connectivity index (χ2v) is 4.89. The molecule has 0 saturated heterocycles. The van der Waals surface area contributed by atoms with Crippen molar-refractivity contribution in [3.05, 3.63) is 29.8 Å². The zero-order valence-corrected chi connectivity index (χ0v) is 12.2. The van der Waals surface area contributed by atoms with E-state index in [-0.39, 0.29) is 11.8 Å². The molecule has 1 aromatic rings. The maximum Gasteiger partial charge on any atom is 0.312 e. The number of primary amides is 1. The van der Waals surface area contributed by atoms with Gasteiger partial charge in [0.1, 0.15) is 6.04 Å². The van der Waals surface area contributed by atoms with E-state index in [2.05, 4.69) is 16.7 Å². The van der Waals surface area contributed by atoms with Crippen molar-refractivity contribution < 1.29 is 9.59 Å². The Balaban J connectivity index is 2.76. The van der Waals surface area contributed by atoms with Crippen molar-refractivity contribution in [3.8, 4) is 6.07 Å². The molecule has 2 atom stereocenters. The van der Waals surface area contributed by atoms with Crippen LogP contribution in [0.25, 0.3) is 0 Å². The highest BCUT2D eigenvalue weighted by Crippen LogP contribution is 2.13. The van der Waals surface area contributed by atoms with Gasteiger partial charge in [0.15, 0.2) is 0 Å². The van der Waals surface area contributed by atoms with E-state index in [0.29, 0.717) is 12.1 Å². The van der Waals surface area contributed by atoms with Crippen LogP contribution in [0.3, 0.4) is 0 Å². The summed E-state index contributed by atoms with van der Waals surface area (Å²) in [5.41, 5.74) is 6.60. The molecule has 4 N–H and O–H groups in total. The molecule has 0 fully saturated rings. The monoisotopic (exact) mass is 288 g/mol. The number of carbonyl (C=O) groups excluding carboxylic acids is 2. The third-order valence-corrected chi connectivity index (χ3v) is 3.30. The molecule has 21 heavy (non-hydrogen) atoms. The van der Waals surface area contributed by atoms with Crippen molar-refractivity contribution in [2.45, 2.75) is 32.7 Å². The Morgan fingerprint density at radius 3 is 2.43 bits per heavy atom. The summed E-state index contributed by atoms with van der Waals surface area (Å²) in [6.07, 6.45) is 1.06. The second-order valence-electron chi connectivity index (χ2n) is 4.89. The number of anilines is 1. The van der Waals surface area contributed by atoms with Crippen LogP contribution >= 0.6 is 0 Å². The quantitative estimate of drug-likeness (QED) is 0.742. The van der Waals surface area contributed by atoms with Crippen LogP contribution in [0.5, 0.6) is 0 Å². The standard InChI is InChI=1S/C15H20N4O2/c1-3-10(2)13(19-15(17)21)14(20)18-12-6-4-11(5-7-12)8-9-16/h4-7,10,13H,3,8H2,1-2H3,(H,18,20)(H3,17,19,21). The molecule has 1 rings (SSSR count). The number of rotatable bonds is 6. The molecule has 1 aromatic carbocycles. The zero-order valence-electron chi connectivity index (χ0n) is 12.2. The van der Waals surface area contributed by atoms with E-state index >= 15 is 0 Å². The summed E-state index contributed by atoms with van der Waals surface area (Å²) in [4.78, 5) is 23.2. The minimum Gasteiger partial charge on any atom is -0.352 e. The van der Waals surface area contributed by atoms with E-state index in [1.807, 2.05) is 13.8 Å². The number of hydrogen-bond acceptors (Lipinski definition) is 3. The van der Waals surface area contributed by atoms with Crippen LogP contribution in [0.2, 0.25) is 0 Å². The average Bonchev–Trinajstić information content (AvgIpc) is 2.46. The van der Waals surface area contributed by atoms with Crippen LogP contribution < -0.4 is 16.4 Å². The molecule has 0 aliphatic carbocycles. The molecule has 0 aliphatic rings. The molecule has 2 unspecified atom stereocenters. The predicted molar refractivity (Wildman–Crippen MR) is 80.4 cm³/mol. The third kappa shape index (κ3) is 5.15. The van der Waals surface area contributed by atoms with Crippen LogP contribution in [-0.2, 0) is 11.2 Å². The molecule has 112 valence electrons. The van der Waals surface area contributed by atoms with Crippen LogP contribution in [0.1, 0.15) is 25.8 Å². The molecule has 0 heterocycles. The number of urea groups is 1. The number of benzene rings is 1. The van der Waals surface area contributed by atoms with Crippen molar-refractivity contribution in [1.82, 2.24) is 5.32 Å². The fraction of sp³-hybridized carbons (Fsp3) is 0.400. The summed E-state index contributed by atoms with van der Waals surface area (Å²) in [6.45, 7) is 3.81. The van der Waals surface area contributed by atoms with Gasteiger partial charge in [-0.15, -0.1) is 0 Å².